The van der Waals surface area contributed by atoms with Crippen LogP contribution in [0.2, 0.25) is 0 Å². The number of hydrogen-bond donors (Lipinski definition) is 0. The number of unbranched alkanes of at least 4 members (excludes halogenated alkanes) is 37. The van der Waals surface area contributed by atoms with E-state index in [1.165, 1.54) is 255 Å². The molecule has 6 nitrogen and oxygen atoms in total. The maximum atomic E-state index is 12.9. The third kappa shape index (κ3) is 32.4. The SMILES string of the molecule is CCCCCCCCCCCCCCCCCCSc1ccc(-c2ccc(-c3ccc(/C=C(\C#N)C(=O)OCCCCCCCCCCOC(=O)/C(C#N)=C/c4ccc(-c5ccc(-c6ccc(SCCCCCCCCCCCCCCCCCC)s6)s5)s4)s3)s2)s1. The Morgan fingerprint density at radius 2 is 0.565 bits per heavy atom. The lowest BCUT2D eigenvalue weighted by Gasteiger charge is -2.05. The van der Waals surface area contributed by atoms with Crippen LogP contribution in [0.4, 0.5) is 0 Å². The molecule has 0 N–H and O–H groups in total. The van der Waals surface area contributed by atoms with Gasteiger partial charge in [-0.05, 0) is 122 Å². The Morgan fingerprint density at radius 3 is 0.859 bits per heavy atom. The summed E-state index contributed by atoms with van der Waals surface area (Å²) in [5, 5.41) is 19.7. The number of carbonyl (C=O) groups is 2. The van der Waals surface area contributed by atoms with E-state index in [1.807, 2.05) is 58.3 Å². The number of rotatable bonds is 55. The lowest BCUT2D eigenvalue weighted by molar-refractivity contribution is -0.139. The smallest absolute Gasteiger partial charge is 0.348 e. The van der Waals surface area contributed by atoms with Crippen LogP contribution in [0.25, 0.3) is 51.2 Å². The van der Waals surface area contributed by atoms with Crippen LogP contribution in [0, 0.1) is 22.7 Å². The Hall–Kier alpha value is -3.70. The minimum absolute atomic E-state index is 0.0197. The Morgan fingerprint density at radius 1 is 0.326 bits per heavy atom. The number of thioether (sulfide) groups is 2. The summed E-state index contributed by atoms with van der Waals surface area (Å²) in [5.74, 6) is 1.22. The van der Waals surface area contributed by atoms with Crippen molar-refractivity contribution in [2.75, 3.05) is 24.7 Å². The normalized spacial score (nSPS) is 11.8. The first-order valence-electron chi connectivity index (χ1n) is 35.8. The predicted octanol–water partition coefficient (Wildman–Crippen LogP) is 28.2. The van der Waals surface area contributed by atoms with Gasteiger partial charge in [0.1, 0.15) is 23.3 Å². The molecule has 6 aromatic heterocycles. The highest BCUT2D eigenvalue weighted by atomic mass is 32.2. The number of nitriles is 2. The van der Waals surface area contributed by atoms with Crippen molar-refractivity contribution in [2.24, 2.45) is 0 Å². The summed E-state index contributed by atoms with van der Waals surface area (Å²) >= 11 is 14.5. The average molecular weight is 1390 g/mol. The molecule has 14 heteroatoms. The van der Waals surface area contributed by atoms with Gasteiger partial charge in [-0.1, -0.05) is 245 Å². The molecule has 0 aliphatic rings. The molecule has 0 aliphatic carbocycles. The Labute approximate surface area is 588 Å². The van der Waals surface area contributed by atoms with Gasteiger partial charge in [-0.2, -0.15) is 10.5 Å². The topological polar surface area (TPSA) is 100 Å². The van der Waals surface area contributed by atoms with E-state index in [9.17, 15) is 20.1 Å². The number of esters is 2. The third-order valence-electron chi connectivity index (χ3n) is 16.8. The summed E-state index contributed by atoms with van der Waals surface area (Å²) in [6.07, 6.45) is 55.7. The van der Waals surface area contributed by atoms with Crippen molar-refractivity contribution in [3.8, 4) is 51.2 Å². The van der Waals surface area contributed by atoms with Crippen LogP contribution >= 0.6 is 91.5 Å². The maximum Gasteiger partial charge on any atom is 0.348 e. The monoisotopic (exact) mass is 1390 g/mol. The van der Waals surface area contributed by atoms with Crippen LogP contribution in [-0.4, -0.2) is 36.7 Å². The zero-order chi connectivity index (χ0) is 64.7. The fourth-order valence-corrected chi connectivity index (χ4v) is 20.0. The first-order valence-corrected chi connectivity index (χ1v) is 42.7. The van der Waals surface area contributed by atoms with E-state index >= 15 is 0 Å². The van der Waals surface area contributed by atoms with Crippen LogP contribution in [0.1, 0.15) is 280 Å². The predicted molar refractivity (Wildman–Crippen MR) is 408 cm³/mol. The van der Waals surface area contributed by atoms with Gasteiger partial charge < -0.3 is 9.47 Å². The molecule has 0 spiro atoms. The fraction of sp³-hybridized carbons (Fsp3) is 0.590. The van der Waals surface area contributed by atoms with Gasteiger partial charge >= 0.3 is 11.9 Å². The van der Waals surface area contributed by atoms with Gasteiger partial charge in [0, 0.05) is 48.8 Å². The molecule has 0 amide bonds. The van der Waals surface area contributed by atoms with Crippen LogP contribution in [0.15, 0.2) is 92.4 Å². The van der Waals surface area contributed by atoms with Gasteiger partial charge in [0.15, 0.2) is 0 Å². The molecular weight excluding hydrogens is 1290 g/mol. The van der Waals surface area contributed by atoms with E-state index < -0.39 is 11.9 Å². The molecule has 6 rings (SSSR count). The van der Waals surface area contributed by atoms with Crippen molar-refractivity contribution >= 4 is 116 Å². The highest BCUT2D eigenvalue weighted by molar-refractivity contribution is 8.01. The minimum atomic E-state index is -0.573. The van der Waals surface area contributed by atoms with Gasteiger partial charge in [0.2, 0.25) is 0 Å². The van der Waals surface area contributed by atoms with Crippen molar-refractivity contribution in [3.05, 3.63) is 93.7 Å². The largest absolute Gasteiger partial charge is 0.462 e. The maximum absolute atomic E-state index is 12.9. The zero-order valence-corrected chi connectivity index (χ0v) is 62.5. The summed E-state index contributed by atoms with van der Waals surface area (Å²) in [4.78, 5) is 37.2. The molecule has 6 aromatic rings. The molecule has 0 unspecified atom stereocenters. The first kappa shape index (κ1) is 77.3. The summed E-state index contributed by atoms with van der Waals surface area (Å²) in [6.45, 7) is 5.16. The summed E-state index contributed by atoms with van der Waals surface area (Å²) in [6, 6.07) is 30.0. The van der Waals surface area contributed by atoms with Gasteiger partial charge in [0.05, 0.1) is 21.6 Å². The number of nitrogens with zero attached hydrogens (tertiary/aromatic N) is 2. The standard InChI is InChI=1S/C78H108N2O4S8/c1-3-5-7-9-11-13-15-17-19-21-23-25-29-33-37-41-57-85-75-53-51-73(91-75)71-49-47-69(89-71)67-45-43-65(87-67)59-63(61-79)77(81)83-55-39-35-31-27-28-32-36-40-56-84-78(82)64(62-80)60-66-44-46-68(88-66)70-48-50-72(90-70)74-52-54-76(92-74)86-58-42-38-34-30-26-24-22-20-18-16-14-12-10-8-6-4-2/h43-54,59-60H,3-42,55-58H2,1-2H3/b63-59+,64-60+. The molecule has 0 aliphatic heterocycles. The lowest BCUT2D eigenvalue weighted by atomic mass is 10.0. The molecule has 0 fully saturated rings. The molecule has 0 saturated carbocycles. The Bertz CT molecular complexity index is 2860. The quantitative estimate of drug-likeness (QED) is 0.0122. The second kappa shape index (κ2) is 49.8. The molecule has 0 saturated heterocycles. The van der Waals surface area contributed by atoms with E-state index in [2.05, 4.69) is 86.6 Å². The van der Waals surface area contributed by atoms with Gasteiger partial charge in [0.25, 0.3) is 0 Å². The molecule has 92 heavy (non-hydrogen) atoms. The van der Waals surface area contributed by atoms with E-state index in [4.69, 9.17) is 9.47 Å². The molecule has 502 valence electrons. The first-order chi connectivity index (χ1) is 45.4. The molecule has 0 atom stereocenters. The minimum Gasteiger partial charge on any atom is -0.462 e. The van der Waals surface area contributed by atoms with E-state index in [-0.39, 0.29) is 24.4 Å². The second-order valence-electron chi connectivity index (χ2n) is 24.7. The van der Waals surface area contributed by atoms with E-state index in [0.29, 0.717) is 0 Å². The zero-order valence-electron chi connectivity index (χ0n) is 56.0. The van der Waals surface area contributed by atoms with E-state index in [1.54, 1.807) is 57.5 Å². The van der Waals surface area contributed by atoms with E-state index in [0.717, 1.165) is 70.9 Å². The highest BCUT2D eigenvalue weighted by Crippen LogP contribution is 2.44. The number of carbonyl (C=O) groups excluding carboxylic acids is 2. The summed E-state index contributed by atoms with van der Waals surface area (Å²) in [7, 11) is 0. The van der Waals surface area contributed by atoms with Gasteiger partial charge in [-0.15, -0.1) is 91.5 Å². The van der Waals surface area contributed by atoms with Crippen molar-refractivity contribution in [3.63, 3.8) is 0 Å². The summed E-state index contributed by atoms with van der Waals surface area (Å²) in [5.41, 5.74) is 0.0395. The summed E-state index contributed by atoms with van der Waals surface area (Å²) < 4.78 is 13.8. The molecular formula is C78H108N2O4S8. The van der Waals surface area contributed by atoms with Crippen LogP contribution in [0.3, 0.4) is 0 Å². The van der Waals surface area contributed by atoms with Crippen molar-refractivity contribution in [1.29, 1.82) is 10.5 Å². The average Bonchev–Trinajstić information content (AvgIpc) is 2.55. The van der Waals surface area contributed by atoms with Crippen molar-refractivity contribution < 1.29 is 19.1 Å². The number of hydrogen-bond acceptors (Lipinski definition) is 14. The van der Waals surface area contributed by atoms with Crippen LogP contribution in [-0.2, 0) is 19.1 Å². The van der Waals surface area contributed by atoms with Gasteiger partial charge in [-0.25, -0.2) is 9.59 Å². The van der Waals surface area contributed by atoms with Crippen LogP contribution in [0.5, 0.6) is 0 Å². The van der Waals surface area contributed by atoms with Crippen molar-refractivity contribution in [2.45, 2.75) is 279 Å². The number of ether oxygens (including phenoxy) is 2. The molecule has 6 heterocycles. The highest BCUT2D eigenvalue weighted by Gasteiger charge is 2.16. The fourth-order valence-electron chi connectivity index (χ4n) is 11.3. The number of thiophene rings is 6. The molecule has 0 radical (unpaired) electrons. The van der Waals surface area contributed by atoms with Gasteiger partial charge in [-0.3, -0.25) is 0 Å². The Kier molecular flexibility index (Phi) is 41.8. The Balaban J connectivity index is 0.744. The molecule has 0 aromatic carbocycles. The lowest BCUT2D eigenvalue weighted by Crippen LogP contribution is -2.08. The third-order valence-corrected chi connectivity index (χ3v) is 26.7. The van der Waals surface area contributed by atoms with Crippen molar-refractivity contribution in [1.82, 2.24) is 0 Å². The van der Waals surface area contributed by atoms with Crippen LogP contribution < -0.4 is 0 Å². The molecule has 0 bridgehead atoms. The second-order valence-corrected chi connectivity index (χ2v) is 34.1.